The van der Waals surface area contributed by atoms with Gasteiger partial charge in [-0.25, -0.2) is 4.79 Å². The second kappa shape index (κ2) is 7.07. The Morgan fingerprint density at radius 3 is 2.61 bits per heavy atom. The van der Waals surface area contributed by atoms with E-state index in [1.54, 1.807) is 7.05 Å². The lowest BCUT2D eigenvalue weighted by molar-refractivity contribution is -0.154. The van der Waals surface area contributed by atoms with Crippen LogP contribution in [0.15, 0.2) is 0 Å². The molecule has 0 aliphatic heterocycles. The molecule has 18 heavy (non-hydrogen) atoms. The highest BCUT2D eigenvalue weighted by atomic mass is 16.5. The second-order valence-corrected chi connectivity index (χ2v) is 4.77. The SMILES string of the molecule is CCOCC(C)OCC(NC)(C(=O)OC)C1CC1. The molecule has 1 aliphatic rings. The monoisotopic (exact) mass is 259 g/mol. The molecular formula is C13H25NO4. The lowest BCUT2D eigenvalue weighted by Crippen LogP contribution is -2.57. The van der Waals surface area contributed by atoms with Gasteiger partial charge in [0.05, 0.1) is 26.4 Å². The Kier molecular flexibility index (Phi) is 6.05. The molecule has 0 amide bonds. The molecule has 1 aliphatic carbocycles. The molecule has 5 heteroatoms. The van der Waals surface area contributed by atoms with Crippen molar-refractivity contribution in [3.8, 4) is 0 Å². The zero-order valence-corrected chi connectivity index (χ0v) is 11.8. The van der Waals surface area contributed by atoms with Crippen LogP contribution in [0.5, 0.6) is 0 Å². The minimum Gasteiger partial charge on any atom is -0.468 e. The third-order valence-electron chi connectivity index (χ3n) is 3.42. The van der Waals surface area contributed by atoms with Crippen LogP contribution in [0.1, 0.15) is 26.7 Å². The van der Waals surface area contributed by atoms with E-state index in [2.05, 4.69) is 5.32 Å². The summed E-state index contributed by atoms with van der Waals surface area (Å²) in [4.78, 5) is 12.0. The lowest BCUT2D eigenvalue weighted by atomic mass is 9.94. The van der Waals surface area contributed by atoms with E-state index in [9.17, 15) is 4.79 Å². The highest BCUT2D eigenvalue weighted by Crippen LogP contribution is 2.40. The Bertz CT molecular complexity index is 268. The molecule has 2 atom stereocenters. The topological polar surface area (TPSA) is 56.8 Å². The van der Waals surface area contributed by atoms with Crippen molar-refractivity contribution in [2.75, 3.05) is 34.0 Å². The van der Waals surface area contributed by atoms with E-state index in [0.29, 0.717) is 25.7 Å². The maximum Gasteiger partial charge on any atom is 0.328 e. The Hall–Kier alpha value is -0.650. The van der Waals surface area contributed by atoms with Crippen LogP contribution in [0.2, 0.25) is 0 Å². The fourth-order valence-corrected chi connectivity index (χ4v) is 2.09. The molecule has 1 N–H and O–H groups in total. The summed E-state index contributed by atoms with van der Waals surface area (Å²) < 4.78 is 15.9. The van der Waals surface area contributed by atoms with Crippen molar-refractivity contribution in [1.29, 1.82) is 0 Å². The third kappa shape index (κ3) is 3.67. The van der Waals surface area contributed by atoms with E-state index in [-0.39, 0.29) is 12.1 Å². The zero-order valence-electron chi connectivity index (χ0n) is 11.8. The Labute approximate surface area is 109 Å². The van der Waals surface area contributed by atoms with Gasteiger partial charge in [-0.2, -0.15) is 0 Å². The van der Waals surface area contributed by atoms with E-state index in [1.165, 1.54) is 7.11 Å². The number of hydrogen-bond acceptors (Lipinski definition) is 5. The second-order valence-electron chi connectivity index (χ2n) is 4.77. The van der Waals surface area contributed by atoms with Crippen LogP contribution in [-0.4, -0.2) is 51.6 Å². The molecule has 0 saturated heterocycles. The van der Waals surface area contributed by atoms with Crippen LogP contribution < -0.4 is 5.32 Å². The van der Waals surface area contributed by atoms with Crippen LogP contribution in [0.3, 0.4) is 0 Å². The molecule has 1 saturated carbocycles. The van der Waals surface area contributed by atoms with Gasteiger partial charge < -0.3 is 19.5 Å². The van der Waals surface area contributed by atoms with Gasteiger partial charge in [-0.05, 0) is 39.7 Å². The van der Waals surface area contributed by atoms with Gasteiger partial charge in [0.15, 0.2) is 0 Å². The summed E-state index contributed by atoms with van der Waals surface area (Å²) in [5.74, 6) is 0.0744. The van der Waals surface area contributed by atoms with E-state index in [0.717, 1.165) is 12.8 Å². The number of carbonyl (C=O) groups is 1. The number of nitrogens with one attached hydrogen (secondary N) is 1. The van der Waals surface area contributed by atoms with E-state index < -0.39 is 5.54 Å². The standard InChI is InChI=1S/C13H25NO4/c1-5-17-8-10(2)18-9-13(14-3,11-6-7-11)12(15)16-4/h10-11,14H,5-9H2,1-4H3. The molecule has 2 unspecified atom stereocenters. The predicted octanol–water partition coefficient (Wildman–Crippen LogP) is 0.969. The molecule has 106 valence electrons. The Morgan fingerprint density at radius 1 is 1.50 bits per heavy atom. The largest absolute Gasteiger partial charge is 0.468 e. The lowest BCUT2D eigenvalue weighted by Gasteiger charge is -2.31. The number of likely N-dealkylation sites (N-methyl/N-ethyl adjacent to an activating group) is 1. The molecule has 0 spiro atoms. The van der Waals surface area contributed by atoms with Crippen molar-refractivity contribution < 1.29 is 19.0 Å². The number of methoxy groups -OCH3 is 1. The van der Waals surface area contributed by atoms with Gasteiger partial charge in [-0.1, -0.05) is 0 Å². The molecule has 0 aromatic rings. The summed E-state index contributed by atoms with van der Waals surface area (Å²) in [6.07, 6.45) is 2.05. The number of rotatable bonds is 9. The average molecular weight is 259 g/mol. The van der Waals surface area contributed by atoms with E-state index in [1.807, 2.05) is 13.8 Å². The van der Waals surface area contributed by atoms with Crippen LogP contribution in [-0.2, 0) is 19.0 Å². The Balaban J connectivity index is 2.53. The molecule has 1 rings (SSSR count). The summed E-state index contributed by atoms with van der Waals surface area (Å²) in [5, 5.41) is 3.10. The first kappa shape index (κ1) is 15.4. The van der Waals surface area contributed by atoms with Crippen molar-refractivity contribution >= 4 is 5.97 Å². The Morgan fingerprint density at radius 2 is 2.17 bits per heavy atom. The van der Waals surface area contributed by atoms with Crippen molar-refractivity contribution in [2.45, 2.75) is 38.3 Å². The normalized spacial score (nSPS) is 20.2. The molecular weight excluding hydrogens is 234 g/mol. The molecule has 0 radical (unpaired) electrons. The first-order valence-electron chi connectivity index (χ1n) is 6.57. The van der Waals surface area contributed by atoms with Crippen LogP contribution in [0.25, 0.3) is 0 Å². The summed E-state index contributed by atoms with van der Waals surface area (Å²) in [5.41, 5.74) is -0.699. The molecule has 1 fully saturated rings. The fourth-order valence-electron chi connectivity index (χ4n) is 2.09. The maximum absolute atomic E-state index is 12.0. The number of carbonyl (C=O) groups excluding carboxylic acids is 1. The minimum atomic E-state index is -0.699. The van der Waals surface area contributed by atoms with Crippen molar-refractivity contribution in [3.05, 3.63) is 0 Å². The number of hydrogen-bond donors (Lipinski definition) is 1. The van der Waals surface area contributed by atoms with Gasteiger partial charge in [0.2, 0.25) is 0 Å². The maximum atomic E-state index is 12.0. The minimum absolute atomic E-state index is 0.0268. The molecule has 0 aromatic heterocycles. The number of esters is 1. The molecule has 0 aromatic carbocycles. The predicted molar refractivity (Wildman–Crippen MR) is 68.4 cm³/mol. The van der Waals surface area contributed by atoms with Gasteiger partial charge in [0.25, 0.3) is 0 Å². The van der Waals surface area contributed by atoms with Gasteiger partial charge in [0, 0.05) is 6.61 Å². The molecule has 5 nitrogen and oxygen atoms in total. The molecule has 0 bridgehead atoms. The molecule has 0 heterocycles. The fraction of sp³-hybridized carbons (Fsp3) is 0.923. The van der Waals surface area contributed by atoms with Gasteiger partial charge >= 0.3 is 5.97 Å². The summed E-state index contributed by atoms with van der Waals surface area (Å²) in [6, 6.07) is 0. The summed E-state index contributed by atoms with van der Waals surface area (Å²) >= 11 is 0. The number of ether oxygens (including phenoxy) is 3. The van der Waals surface area contributed by atoms with Crippen LogP contribution >= 0.6 is 0 Å². The van der Waals surface area contributed by atoms with Crippen molar-refractivity contribution in [3.63, 3.8) is 0 Å². The summed E-state index contributed by atoms with van der Waals surface area (Å²) in [7, 11) is 3.20. The van der Waals surface area contributed by atoms with Crippen molar-refractivity contribution in [2.24, 2.45) is 5.92 Å². The van der Waals surface area contributed by atoms with Gasteiger partial charge in [-0.3, -0.25) is 0 Å². The van der Waals surface area contributed by atoms with Crippen LogP contribution in [0, 0.1) is 5.92 Å². The smallest absolute Gasteiger partial charge is 0.328 e. The summed E-state index contributed by atoms with van der Waals surface area (Å²) in [6.45, 7) is 5.44. The zero-order chi connectivity index (χ0) is 13.6. The first-order valence-corrected chi connectivity index (χ1v) is 6.57. The van der Waals surface area contributed by atoms with Gasteiger partial charge in [0.1, 0.15) is 5.54 Å². The van der Waals surface area contributed by atoms with Gasteiger partial charge in [-0.15, -0.1) is 0 Å². The third-order valence-corrected chi connectivity index (χ3v) is 3.42. The van der Waals surface area contributed by atoms with E-state index in [4.69, 9.17) is 14.2 Å². The van der Waals surface area contributed by atoms with Crippen LogP contribution in [0.4, 0.5) is 0 Å². The highest BCUT2D eigenvalue weighted by molar-refractivity contribution is 5.82. The van der Waals surface area contributed by atoms with Crippen molar-refractivity contribution in [1.82, 2.24) is 5.32 Å². The highest BCUT2D eigenvalue weighted by Gasteiger charge is 2.51. The average Bonchev–Trinajstić information content (AvgIpc) is 3.22. The first-order chi connectivity index (χ1) is 8.60. The van der Waals surface area contributed by atoms with E-state index >= 15 is 0 Å². The quantitative estimate of drug-likeness (QED) is 0.625.